The average Bonchev–Trinajstić information content (AvgIpc) is 3.36. The predicted molar refractivity (Wildman–Crippen MR) is 135 cm³/mol. The molecule has 0 aliphatic rings. The molecule has 3 heterocycles. The molecule has 5 rings (SSSR count). The highest BCUT2D eigenvalue weighted by Crippen LogP contribution is 2.37. The second-order valence-corrected chi connectivity index (χ2v) is 8.21. The zero-order valence-corrected chi connectivity index (χ0v) is 19.5. The molecule has 0 amide bonds. The number of rotatable bonds is 3. The molecule has 0 atom stereocenters. The molecule has 3 aromatic heterocycles. The van der Waals surface area contributed by atoms with Crippen LogP contribution in [0.4, 0.5) is 17.5 Å². The van der Waals surface area contributed by atoms with Gasteiger partial charge in [-0.05, 0) is 53.9 Å². The third-order valence-corrected chi connectivity index (χ3v) is 5.37. The number of anilines is 3. The molecule has 0 fully saturated rings. The first kappa shape index (κ1) is 24.9. The molecular weight excluding hydrogens is 472 g/mol. The van der Waals surface area contributed by atoms with E-state index in [9.17, 15) is 5.11 Å². The van der Waals surface area contributed by atoms with Gasteiger partial charge in [0.1, 0.15) is 17.3 Å². The molecule has 0 bridgehead atoms. The van der Waals surface area contributed by atoms with Crippen molar-refractivity contribution in [2.75, 3.05) is 11.1 Å². The molecule has 0 aliphatic carbocycles. The van der Waals surface area contributed by atoms with Gasteiger partial charge in [0.15, 0.2) is 0 Å². The molecule has 5 aromatic rings. The van der Waals surface area contributed by atoms with Gasteiger partial charge in [0.2, 0.25) is 5.95 Å². The lowest BCUT2D eigenvalue weighted by molar-refractivity contribution is -0.135. The van der Waals surface area contributed by atoms with Crippen LogP contribution in [0, 0.1) is 0 Å². The monoisotopic (exact) mass is 494 g/mol. The van der Waals surface area contributed by atoms with Crippen LogP contribution in [0.15, 0.2) is 54.7 Å². The summed E-state index contributed by atoms with van der Waals surface area (Å²) in [6.45, 7) is 2.17. The number of aromatic amines is 1. The maximum atomic E-state index is 9.69. The van der Waals surface area contributed by atoms with Crippen LogP contribution in [0.5, 0.6) is 5.75 Å². The van der Waals surface area contributed by atoms with Gasteiger partial charge in [0.25, 0.3) is 11.9 Å². The highest BCUT2D eigenvalue weighted by atomic mass is 32.1. The standard InChI is InChI=1S/C19H14N6OS.2C2H4O2/c20-19-21-6-5-17(23-19)22-11-1-3-14-13(9-11)18(25-24-14)16-8-10-7-12(26)2-4-15(10)27-16;2*1-2(3)4/h1-9,26H,(H,24,25)(H3,20,21,22,23);2*1H3,(H,3,4). The number of H-pyrrole nitrogens is 1. The second-order valence-electron chi connectivity index (χ2n) is 7.13. The van der Waals surface area contributed by atoms with E-state index in [1.54, 1.807) is 35.7 Å². The number of benzene rings is 2. The molecule has 180 valence electrons. The molecule has 7 N–H and O–H groups in total. The molecular formula is C23H22N6O5S. The largest absolute Gasteiger partial charge is 0.508 e. The second kappa shape index (κ2) is 10.9. The highest BCUT2D eigenvalue weighted by Gasteiger charge is 2.13. The third-order valence-electron chi connectivity index (χ3n) is 4.24. The summed E-state index contributed by atoms with van der Waals surface area (Å²) >= 11 is 1.64. The molecule has 11 nitrogen and oxygen atoms in total. The summed E-state index contributed by atoms with van der Waals surface area (Å²) in [4.78, 5) is 27.1. The van der Waals surface area contributed by atoms with Crippen molar-refractivity contribution in [2.24, 2.45) is 0 Å². The lowest BCUT2D eigenvalue weighted by atomic mass is 10.1. The van der Waals surface area contributed by atoms with Crippen LogP contribution in [0.1, 0.15) is 13.8 Å². The quantitative estimate of drug-likeness (QED) is 0.209. The first-order valence-electron chi connectivity index (χ1n) is 10.1. The minimum Gasteiger partial charge on any atom is -0.508 e. The number of nitrogens with zero attached hydrogens (tertiary/aromatic N) is 3. The van der Waals surface area contributed by atoms with Gasteiger partial charge in [-0.25, -0.2) is 4.98 Å². The zero-order chi connectivity index (χ0) is 25.5. The number of nitrogens with one attached hydrogen (secondary N) is 2. The molecule has 2 aromatic carbocycles. The Hall–Kier alpha value is -4.71. The van der Waals surface area contributed by atoms with Gasteiger partial charge in [0, 0.05) is 35.8 Å². The molecule has 0 saturated heterocycles. The molecule has 0 aliphatic heterocycles. The smallest absolute Gasteiger partial charge is 0.300 e. The van der Waals surface area contributed by atoms with Crippen molar-refractivity contribution in [2.45, 2.75) is 13.8 Å². The number of aromatic hydroxyl groups is 1. The van der Waals surface area contributed by atoms with Crippen molar-refractivity contribution in [1.82, 2.24) is 20.2 Å². The number of phenolic OH excluding ortho intramolecular Hbond substituents is 1. The van der Waals surface area contributed by atoms with Crippen LogP contribution in [0.3, 0.4) is 0 Å². The zero-order valence-electron chi connectivity index (χ0n) is 18.7. The summed E-state index contributed by atoms with van der Waals surface area (Å²) in [6.07, 6.45) is 1.61. The summed E-state index contributed by atoms with van der Waals surface area (Å²) < 4.78 is 1.10. The first-order chi connectivity index (χ1) is 16.6. The normalized spacial score (nSPS) is 10.1. The Kier molecular flexibility index (Phi) is 7.79. The Balaban J connectivity index is 0.000000376. The number of phenols is 1. The number of nitrogen functional groups attached to an aromatic ring is 1. The minimum absolute atomic E-state index is 0.221. The lowest BCUT2D eigenvalue weighted by Gasteiger charge is -2.06. The number of aromatic nitrogens is 4. The number of fused-ring (bicyclic) bond motifs is 2. The molecule has 0 unspecified atom stereocenters. The van der Waals surface area contributed by atoms with E-state index in [-0.39, 0.29) is 11.7 Å². The Morgan fingerprint density at radius 2 is 1.74 bits per heavy atom. The van der Waals surface area contributed by atoms with E-state index in [4.69, 9.17) is 25.5 Å². The molecule has 0 spiro atoms. The van der Waals surface area contributed by atoms with Crippen LogP contribution in [-0.4, -0.2) is 47.4 Å². The van der Waals surface area contributed by atoms with Gasteiger partial charge in [0.05, 0.1) is 10.4 Å². The number of nitrogens with two attached hydrogens (primary N) is 1. The van der Waals surface area contributed by atoms with Crippen molar-refractivity contribution in [3.05, 3.63) is 54.7 Å². The number of hydrogen-bond acceptors (Lipinski definition) is 9. The van der Waals surface area contributed by atoms with Crippen LogP contribution >= 0.6 is 11.3 Å². The van der Waals surface area contributed by atoms with E-state index in [1.807, 2.05) is 30.3 Å². The summed E-state index contributed by atoms with van der Waals surface area (Å²) in [5.41, 5.74) is 8.33. The maximum absolute atomic E-state index is 9.69. The van der Waals surface area contributed by atoms with Crippen LogP contribution in [-0.2, 0) is 9.59 Å². The van der Waals surface area contributed by atoms with Crippen molar-refractivity contribution in [3.8, 4) is 16.3 Å². The number of hydrogen-bond donors (Lipinski definition) is 6. The topological polar surface area (TPSA) is 187 Å². The molecule has 12 heteroatoms. The maximum Gasteiger partial charge on any atom is 0.300 e. The Morgan fingerprint density at radius 1 is 1.03 bits per heavy atom. The summed E-state index contributed by atoms with van der Waals surface area (Å²) in [7, 11) is 0. The summed E-state index contributed by atoms with van der Waals surface area (Å²) in [5.74, 6) is -0.558. The molecule has 35 heavy (non-hydrogen) atoms. The summed E-state index contributed by atoms with van der Waals surface area (Å²) in [5, 5.41) is 37.3. The van der Waals surface area contributed by atoms with Crippen LogP contribution < -0.4 is 11.1 Å². The predicted octanol–water partition coefficient (Wildman–Crippen LogP) is 4.45. The van der Waals surface area contributed by atoms with Crippen molar-refractivity contribution in [3.63, 3.8) is 0 Å². The number of carboxylic acid groups (broad SMARTS) is 2. The Bertz CT molecular complexity index is 1480. The number of carbonyl (C=O) groups is 2. The molecule has 0 saturated carbocycles. The fourth-order valence-corrected chi connectivity index (χ4v) is 4.07. The van der Waals surface area contributed by atoms with Gasteiger partial charge >= 0.3 is 0 Å². The van der Waals surface area contributed by atoms with Gasteiger partial charge in [-0.2, -0.15) is 10.1 Å². The van der Waals surface area contributed by atoms with E-state index in [0.29, 0.717) is 5.82 Å². The Morgan fingerprint density at radius 3 is 2.43 bits per heavy atom. The molecule has 0 radical (unpaired) electrons. The van der Waals surface area contributed by atoms with Gasteiger partial charge in [-0.1, -0.05) is 0 Å². The van der Waals surface area contributed by atoms with Gasteiger partial charge in [-0.3, -0.25) is 14.7 Å². The SMILES string of the molecule is CC(=O)O.CC(=O)O.Nc1nccc(Nc2ccc3[nH]nc(-c4cc5cc(O)ccc5s4)c3c2)n1. The fourth-order valence-electron chi connectivity index (χ4n) is 3.02. The number of carboxylic acids is 2. The van der Waals surface area contributed by atoms with Crippen LogP contribution in [0.2, 0.25) is 0 Å². The number of aliphatic carboxylic acids is 2. The van der Waals surface area contributed by atoms with Crippen molar-refractivity contribution in [1.29, 1.82) is 0 Å². The van der Waals surface area contributed by atoms with Crippen LogP contribution in [0.25, 0.3) is 31.6 Å². The van der Waals surface area contributed by atoms with E-state index in [1.165, 1.54) is 0 Å². The van der Waals surface area contributed by atoms with E-state index in [2.05, 4.69) is 25.5 Å². The minimum atomic E-state index is -0.833. The van der Waals surface area contributed by atoms with E-state index in [0.717, 1.165) is 51.1 Å². The number of thiophene rings is 1. The highest BCUT2D eigenvalue weighted by molar-refractivity contribution is 7.22. The first-order valence-corrected chi connectivity index (χ1v) is 10.9. The summed E-state index contributed by atoms with van der Waals surface area (Å²) in [6, 6.07) is 15.1. The van der Waals surface area contributed by atoms with Gasteiger partial charge < -0.3 is 26.4 Å². The fraction of sp³-hybridized carbons (Fsp3) is 0.0870. The average molecular weight is 495 g/mol. The van der Waals surface area contributed by atoms with Gasteiger partial charge in [-0.15, -0.1) is 11.3 Å². The van der Waals surface area contributed by atoms with Crippen molar-refractivity contribution >= 4 is 61.7 Å². The van der Waals surface area contributed by atoms with E-state index < -0.39 is 11.9 Å². The van der Waals surface area contributed by atoms with Crippen molar-refractivity contribution < 1.29 is 24.9 Å². The lowest BCUT2D eigenvalue weighted by Crippen LogP contribution is -1.98. The van der Waals surface area contributed by atoms with E-state index >= 15 is 0 Å². The third kappa shape index (κ3) is 6.88. The Labute approximate surface area is 202 Å².